The van der Waals surface area contributed by atoms with Crippen LogP contribution in [0.3, 0.4) is 0 Å². The lowest BCUT2D eigenvalue weighted by Crippen LogP contribution is -2.28. The second-order valence-corrected chi connectivity index (χ2v) is 8.56. The van der Waals surface area contributed by atoms with E-state index in [9.17, 15) is 9.90 Å². The second kappa shape index (κ2) is 8.35. The lowest BCUT2D eigenvalue weighted by Gasteiger charge is -2.25. The number of carbonyl (C=O) groups is 1. The zero-order valence-corrected chi connectivity index (χ0v) is 17.2. The molecule has 0 amide bonds. The highest BCUT2D eigenvalue weighted by molar-refractivity contribution is 7.15. The van der Waals surface area contributed by atoms with Crippen LogP contribution < -0.4 is 0 Å². The molecule has 0 bridgehead atoms. The summed E-state index contributed by atoms with van der Waals surface area (Å²) >= 11 is 1.74. The van der Waals surface area contributed by atoms with Crippen LogP contribution in [0.4, 0.5) is 0 Å². The molecule has 1 saturated heterocycles. The number of piperidine rings is 1. The van der Waals surface area contributed by atoms with Crippen LogP contribution in [0.15, 0.2) is 42.5 Å². The van der Waals surface area contributed by atoms with Crippen molar-refractivity contribution in [2.24, 2.45) is 0 Å². The van der Waals surface area contributed by atoms with Crippen LogP contribution >= 0.6 is 11.3 Å². The van der Waals surface area contributed by atoms with Crippen molar-refractivity contribution >= 4 is 17.3 Å². The van der Waals surface area contributed by atoms with Crippen molar-refractivity contribution in [3.63, 3.8) is 0 Å². The van der Waals surface area contributed by atoms with Gasteiger partial charge in [-0.3, -0.25) is 4.90 Å². The molecular formula is C23H24N2O3S. The van der Waals surface area contributed by atoms with Crippen molar-refractivity contribution in [2.45, 2.75) is 32.7 Å². The topological polar surface area (TPSA) is 73.7 Å². The number of aromatic nitrogens is 1. The van der Waals surface area contributed by atoms with Crippen LogP contribution in [-0.2, 0) is 6.54 Å². The Morgan fingerprint density at radius 2 is 1.79 bits per heavy atom. The Hall–Kier alpha value is -2.70. The Morgan fingerprint density at radius 3 is 2.52 bits per heavy atom. The summed E-state index contributed by atoms with van der Waals surface area (Å²) in [6, 6.07) is 12.8. The van der Waals surface area contributed by atoms with Gasteiger partial charge in [0, 0.05) is 0 Å². The summed E-state index contributed by atoms with van der Waals surface area (Å²) in [4.78, 5) is 19.6. The van der Waals surface area contributed by atoms with Gasteiger partial charge in [-0.05, 0) is 67.7 Å². The first-order valence-electron chi connectivity index (χ1n) is 9.87. The molecule has 0 radical (unpaired) electrons. The zero-order chi connectivity index (χ0) is 20.4. The molecule has 0 spiro atoms. The van der Waals surface area contributed by atoms with E-state index in [0.29, 0.717) is 0 Å². The number of rotatable bonds is 5. The van der Waals surface area contributed by atoms with Crippen LogP contribution in [0.25, 0.3) is 21.6 Å². The van der Waals surface area contributed by atoms with Gasteiger partial charge in [0.15, 0.2) is 0 Å². The normalized spacial score (nSPS) is 14.8. The molecule has 2 heterocycles. The molecule has 6 heteroatoms. The van der Waals surface area contributed by atoms with Gasteiger partial charge in [0.2, 0.25) is 0 Å². The number of carboxylic acids is 1. The SMILES string of the molecule is Cc1nc(CN2CCCCC2)sc1-c1cccc(-c2ccc(C(=O)O)c(O)c2)c1. The number of hydrogen-bond acceptors (Lipinski definition) is 5. The van der Waals surface area contributed by atoms with E-state index in [0.717, 1.165) is 51.9 Å². The predicted molar refractivity (Wildman–Crippen MR) is 115 cm³/mol. The van der Waals surface area contributed by atoms with Crippen molar-refractivity contribution in [3.05, 3.63) is 58.7 Å². The van der Waals surface area contributed by atoms with E-state index in [-0.39, 0.29) is 11.3 Å². The van der Waals surface area contributed by atoms with Crippen LogP contribution in [0, 0.1) is 6.92 Å². The third-order valence-corrected chi connectivity index (χ3v) is 6.53. The molecule has 1 aliphatic heterocycles. The summed E-state index contributed by atoms with van der Waals surface area (Å²) < 4.78 is 0. The average Bonchev–Trinajstić information content (AvgIpc) is 3.08. The molecule has 0 saturated carbocycles. The molecule has 1 fully saturated rings. The fourth-order valence-electron chi connectivity index (χ4n) is 3.83. The summed E-state index contributed by atoms with van der Waals surface area (Å²) in [6.07, 6.45) is 3.87. The minimum atomic E-state index is -1.13. The highest BCUT2D eigenvalue weighted by Gasteiger charge is 2.16. The van der Waals surface area contributed by atoms with Gasteiger partial charge in [-0.2, -0.15) is 0 Å². The summed E-state index contributed by atoms with van der Waals surface area (Å²) in [5, 5.41) is 20.3. The molecular weight excluding hydrogens is 384 g/mol. The summed E-state index contributed by atoms with van der Waals surface area (Å²) in [5.74, 6) is -1.36. The van der Waals surface area contributed by atoms with E-state index in [1.54, 1.807) is 17.4 Å². The molecule has 1 aliphatic rings. The van der Waals surface area contributed by atoms with Crippen molar-refractivity contribution in [3.8, 4) is 27.3 Å². The number of aromatic carboxylic acids is 1. The van der Waals surface area contributed by atoms with Gasteiger partial charge in [0.05, 0.1) is 17.1 Å². The van der Waals surface area contributed by atoms with Gasteiger partial charge in [0.25, 0.3) is 0 Å². The fraction of sp³-hybridized carbons (Fsp3) is 0.304. The average molecular weight is 409 g/mol. The molecule has 2 aromatic carbocycles. The quantitative estimate of drug-likeness (QED) is 0.609. The molecule has 0 aliphatic carbocycles. The Morgan fingerprint density at radius 1 is 1.07 bits per heavy atom. The number of aryl methyl sites for hydroxylation is 1. The molecule has 4 rings (SSSR count). The van der Waals surface area contributed by atoms with Crippen molar-refractivity contribution in [1.29, 1.82) is 0 Å². The Balaban J connectivity index is 1.60. The summed E-state index contributed by atoms with van der Waals surface area (Å²) in [6.45, 7) is 5.26. The molecule has 2 N–H and O–H groups in total. The molecule has 3 aromatic rings. The number of nitrogens with zero attached hydrogens (tertiary/aromatic N) is 2. The Labute approximate surface area is 174 Å². The van der Waals surface area contributed by atoms with Crippen LogP contribution in [0.5, 0.6) is 5.75 Å². The molecule has 0 atom stereocenters. The number of hydrogen-bond donors (Lipinski definition) is 2. The minimum absolute atomic E-state index is 0.0921. The maximum Gasteiger partial charge on any atom is 0.339 e. The van der Waals surface area contributed by atoms with E-state index in [1.807, 2.05) is 19.1 Å². The Kier molecular flexibility index (Phi) is 5.65. The monoisotopic (exact) mass is 408 g/mol. The number of benzene rings is 2. The standard InChI is InChI=1S/C23H24N2O3S/c1-15-22(29-21(24-15)14-25-10-3-2-4-11-25)18-7-5-6-16(12-18)17-8-9-19(23(27)28)20(26)13-17/h5-9,12-13,26H,2-4,10-11,14H2,1H3,(H,27,28). The number of likely N-dealkylation sites (tertiary alicyclic amines) is 1. The van der Waals surface area contributed by atoms with Crippen molar-refractivity contribution < 1.29 is 15.0 Å². The maximum atomic E-state index is 11.1. The first-order valence-corrected chi connectivity index (χ1v) is 10.7. The highest BCUT2D eigenvalue weighted by atomic mass is 32.1. The summed E-state index contributed by atoms with van der Waals surface area (Å²) in [7, 11) is 0. The smallest absolute Gasteiger partial charge is 0.339 e. The van der Waals surface area contributed by atoms with E-state index in [4.69, 9.17) is 10.1 Å². The van der Waals surface area contributed by atoms with Crippen molar-refractivity contribution in [2.75, 3.05) is 13.1 Å². The van der Waals surface area contributed by atoms with Gasteiger partial charge < -0.3 is 10.2 Å². The van der Waals surface area contributed by atoms with Crippen LogP contribution in [0.1, 0.15) is 40.3 Å². The number of thiazole rings is 1. The molecule has 5 nitrogen and oxygen atoms in total. The summed E-state index contributed by atoms with van der Waals surface area (Å²) in [5.41, 5.74) is 3.74. The minimum Gasteiger partial charge on any atom is -0.507 e. The van der Waals surface area contributed by atoms with Gasteiger partial charge in [-0.1, -0.05) is 30.7 Å². The molecule has 150 valence electrons. The highest BCUT2D eigenvalue weighted by Crippen LogP contribution is 2.34. The van der Waals surface area contributed by atoms with E-state index < -0.39 is 5.97 Å². The number of aromatic hydroxyl groups is 1. The zero-order valence-electron chi connectivity index (χ0n) is 16.4. The largest absolute Gasteiger partial charge is 0.507 e. The number of phenols is 1. The molecule has 0 unspecified atom stereocenters. The lowest BCUT2D eigenvalue weighted by atomic mass is 10.0. The van der Waals surface area contributed by atoms with Gasteiger partial charge >= 0.3 is 5.97 Å². The van der Waals surface area contributed by atoms with Gasteiger partial charge in [0.1, 0.15) is 16.3 Å². The predicted octanol–water partition coefficient (Wildman–Crippen LogP) is 5.18. The van der Waals surface area contributed by atoms with E-state index >= 15 is 0 Å². The molecule has 1 aromatic heterocycles. The van der Waals surface area contributed by atoms with Crippen molar-refractivity contribution in [1.82, 2.24) is 9.88 Å². The van der Waals surface area contributed by atoms with Gasteiger partial charge in [-0.25, -0.2) is 9.78 Å². The van der Waals surface area contributed by atoms with E-state index in [2.05, 4.69) is 17.0 Å². The second-order valence-electron chi connectivity index (χ2n) is 7.48. The first-order chi connectivity index (χ1) is 14.0. The fourth-order valence-corrected chi connectivity index (χ4v) is 4.93. The lowest BCUT2D eigenvalue weighted by molar-refractivity contribution is 0.0694. The van der Waals surface area contributed by atoms with E-state index in [1.165, 1.54) is 31.4 Å². The number of carboxylic acid groups (broad SMARTS) is 1. The third-order valence-electron chi connectivity index (χ3n) is 5.33. The van der Waals surface area contributed by atoms with Crippen LogP contribution in [-0.4, -0.2) is 39.2 Å². The first kappa shape index (κ1) is 19.6. The third kappa shape index (κ3) is 4.33. The maximum absolute atomic E-state index is 11.1. The van der Waals surface area contributed by atoms with Crippen LogP contribution in [0.2, 0.25) is 0 Å². The van der Waals surface area contributed by atoms with Gasteiger partial charge in [-0.15, -0.1) is 11.3 Å². The Bertz CT molecular complexity index is 1040. The molecule has 29 heavy (non-hydrogen) atoms.